The first-order chi connectivity index (χ1) is 14.5. The van der Waals surface area contributed by atoms with Crippen molar-refractivity contribution in [2.45, 2.75) is 0 Å². The van der Waals surface area contributed by atoms with E-state index in [2.05, 4.69) is 0 Å². The monoisotopic (exact) mass is 436 g/mol. The summed E-state index contributed by atoms with van der Waals surface area (Å²) >= 11 is 12.2. The van der Waals surface area contributed by atoms with Crippen LogP contribution in [0, 0.1) is 0 Å². The zero-order chi connectivity index (χ0) is 21.1. The quantitative estimate of drug-likeness (QED) is 0.267. The van der Waals surface area contributed by atoms with Crippen LogP contribution in [-0.2, 0) is 0 Å². The number of carbonyl (C=O) groups is 2. The molecule has 0 aliphatic rings. The van der Waals surface area contributed by atoms with Gasteiger partial charge in [-0.3, -0.25) is 0 Å². The van der Waals surface area contributed by atoms with Crippen LogP contribution < -0.4 is 9.47 Å². The van der Waals surface area contributed by atoms with Gasteiger partial charge in [-0.1, -0.05) is 71.7 Å². The Morgan fingerprint density at radius 2 is 0.933 bits per heavy atom. The maximum atomic E-state index is 12.6. The lowest BCUT2D eigenvalue weighted by molar-refractivity contribution is 0.0725. The third-order valence-electron chi connectivity index (χ3n) is 4.43. The van der Waals surface area contributed by atoms with Gasteiger partial charge in [0, 0.05) is 10.8 Å². The molecule has 0 aromatic heterocycles. The molecule has 0 radical (unpaired) electrons. The maximum absolute atomic E-state index is 12.6. The summed E-state index contributed by atoms with van der Waals surface area (Å²) in [6.45, 7) is 0. The molecule has 30 heavy (non-hydrogen) atoms. The number of halogens is 2. The van der Waals surface area contributed by atoms with Gasteiger partial charge in [0.15, 0.2) is 0 Å². The standard InChI is InChI=1S/C24H14Cl2O4/c25-19-11-3-1-7-17(19)23(27)29-21-13-5-10-16-15(21)9-6-14-22(16)30-24(28)18-8-2-4-12-20(18)26/h1-14H. The number of fused-ring (bicyclic) bond motifs is 1. The molecule has 0 atom stereocenters. The molecule has 0 aliphatic carbocycles. The second kappa shape index (κ2) is 8.57. The lowest BCUT2D eigenvalue weighted by atomic mass is 10.1. The van der Waals surface area contributed by atoms with Crippen LogP contribution in [0.5, 0.6) is 11.5 Å². The second-order valence-corrected chi connectivity index (χ2v) is 7.16. The van der Waals surface area contributed by atoms with E-state index >= 15 is 0 Å². The van der Waals surface area contributed by atoms with E-state index in [1.165, 1.54) is 0 Å². The topological polar surface area (TPSA) is 52.6 Å². The molecular formula is C24H14Cl2O4. The highest BCUT2D eigenvalue weighted by atomic mass is 35.5. The first-order valence-corrected chi connectivity index (χ1v) is 9.75. The van der Waals surface area contributed by atoms with Crippen molar-refractivity contribution in [3.63, 3.8) is 0 Å². The fourth-order valence-corrected chi connectivity index (χ4v) is 3.42. The van der Waals surface area contributed by atoms with Gasteiger partial charge in [0.25, 0.3) is 0 Å². The SMILES string of the molecule is O=C(Oc1cccc2c(OC(=O)c3ccccc3Cl)cccc12)c1ccccc1Cl. The van der Waals surface area contributed by atoms with Crippen LogP contribution >= 0.6 is 23.2 Å². The zero-order valence-corrected chi connectivity index (χ0v) is 17.0. The number of benzene rings is 4. The van der Waals surface area contributed by atoms with Crippen LogP contribution in [0.3, 0.4) is 0 Å². The lowest BCUT2D eigenvalue weighted by Gasteiger charge is -2.12. The number of ether oxygens (including phenoxy) is 2. The molecule has 4 aromatic carbocycles. The summed E-state index contributed by atoms with van der Waals surface area (Å²) in [5.41, 5.74) is 0.523. The average molecular weight is 437 g/mol. The van der Waals surface area contributed by atoms with Gasteiger partial charge < -0.3 is 9.47 Å². The summed E-state index contributed by atoms with van der Waals surface area (Å²) in [4.78, 5) is 25.1. The molecule has 0 amide bonds. The van der Waals surface area contributed by atoms with Gasteiger partial charge in [0.05, 0.1) is 21.2 Å². The molecule has 4 aromatic rings. The largest absolute Gasteiger partial charge is 0.422 e. The Kier molecular flexibility index (Phi) is 5.70. The molecule has 0 spiro atoms. The van der Waals surface area contributed by atoms with Crippen molar-refractivity contribution in [3.05, 3.63) is 106 Å². The summed E-state index contributed by atoms with van der Waals surface area (Å²) < 4.78 is 11.1. The molecule has 0 aliphatic heterocycles. The molecule has 148 valence electrons. The van der Waals surface area contributed by atoms with Gasteiger partial charge in [-0.15, -0.1) is 0 Å². The van der Waals surface area contributed by atoms with Crippen LogP contribution in [0.4, 0.5) is 0 Å². The molecule has 4 nitrogen and oxygen atoms in total. The Balaban J connectivity index is 1.67. The zero-order valence-electron chi connectivity index (χ0n) is 15.5. The molecular weight excluding hydrogens is 423 g/mol. The van der Waals surface area contributed by atoms with E-state index in [1.54, 1.807) is 84.9 Å². The van der Waals surface area contributed by atoms with Crippen molar-refractivity contribution in [1.82, 2.24) is 0 Å². The Morgan fingerprint density at radius 1 is 0.533 bits per heavy atom. The predicted molar refractivity (Wildman–Crippen MR) is 117 cm³/mol. The number of hydrogen-bond donors (Lipinski definition) is 0. The van der Waals surface area contributed by atoms with Crippen molar-refractivity contribution >= 4 is 45.9 Å². The van der Waals surface area contributed by atoms with Crippen LogP contribution in [0.2, 0.25) is 10.0 Å². The van der Waals surface area contributed by atoms with Crippen molar-refractivity contribution in [3.8, 4) is 11.5 Å². The maximum Gasteiger partial charge on any atom is 0.345 e. The van der Waals surface area contributed by atoms with Gasteiger partial charge >= 0.3 is 11.9 Å². The fourth-order valence-electron chi connectivity index (χ4n) is 2.99. The highest BCUT2D eigenvalue weighted by molar-refractivity contribution is 6.34. The molecule has 0 N–H and O–H groups in total. The van der Waals surface area contributed by atoms with Crippen LogP contribution in [0.25, 0.3) is 10.8 Å². The van der Waals surface area contributed by atoms with E-state index in [1.807, 2.05) is 0 Å². The first kappa shape index (κ1) is 20.0. The normalized spacial score (nSPS) is 10.6. The number of hydrogen-bond acceptors (Lipinski definition) is 4. The summed E-state index contributed by atoms with van der Waals surface area (Å²) in [5, 5.41) is 1.83. The van der Waals surface area contributed by atoms with Gasteiger partial charge in [-0.25, -0.2) is 9.59 Å². The third kappa shape index (κ3) is 4.01. The summed E-state index contributed by atoms with van der Waals surface area (Å²) in [6, 6.07) is 23.6. The molecule has 0 bridgehead atoms. The predicted octanol–water partition coefficient (Wildman–Crippen LogP) is 6.59. The molecule has 0 heterocycles. The van der Waals surface area contributed by atoms with Gasteiger partial charge in [0.2, 0.25) is 0 Å². The molecule has 0 saturated heterocycles. The summed E-state index contributed by atoms with van der Waals surface area (Å²) in [6.07, 6.45) is 0. The average Bonchev–Trinajstić information content (AvgIpc) is 2.75. The van der Waals surface area contributed by atoms with E-state index in [0.717, 1.165) is 0 Å². The Labute approximate surface area is 182 Å². The van der Waals surface area contributed by atoms with Gasteiger partial charge in [-0.2, -0.15) is 0 Å². The van der Waals surface area contributed by atoms with Gasteiger partial charge in [-0.05, 0) is 36.4 Å². The number of esters is 2. The first-order valence-electron chi connectivity index (χ1n) is 9.00. The highest BCUT2D eigenvalue weighted by Crippen LogP contribution is 2.33. The van der Waals surface area contributed by atoms with E-state index < -0.39 is 11.9 Å². The lowest BCUT2D eigenvalue weighted by Crippen LogP contribution is -2.10. The van der Waals surface area contributed by atoms with Crippen LogP contribution in [-0.4, -0.2) is 11.9 Å². The van der Waals surface area contributed by atoms with Crippen molar-refractivity contribution in [1.29, 1.82) is 0 Å². The second-order valence-electron chi connectivity index (χ2n) is 6.35. The smallest absolute Gasteiger partial charge is 0.345 e. The van der Waals surface area contributed by atoms with Crippen LogP contribution in [0.15, 0.2) is 84.9 Å². The third-order valence-corrected chi connectivity index (χ3v) is 5.09. The minimum absolute atomic E-state index is 0.262. The van der Waals surface area contributed by atoms with Crippen molar-refractivity contribution in [2.24, 2.45) is 0 Å². The van der Waals surface area contributed by atoms with E-state index in [9.17, 15) is 9.59 Å². The van der Waals surface area contributed by atoms with Crippen molar-refractivity contribution < 1.29 is 19.1 Å². The summed E-state index contributed by atoms with van der Waals surface area (Å²) in [5.74, 6) is -0.501. The van der Waals surface area contributed by atoms with E-state index in [4.69, 9.17) is 32.7 Å². The Morgan fingerprint density at radius 3 is 1.33 bits per heavy atom. The number of rotatable bonds is 4. The summed E-state index contributed by atoms with van der Waals surface area (Å²) in [7, 11) is 0. The minimum atomic E-state index is -0.577. The van der Waals surface area contributed by atoms with Crippen molar-refractivity contribution in [2.75, 3.05) is 0 Å². The Bertz CT molecular complexity index is 1170. The van der Waals surface area contributed by atoms with Crippen LogP contribution in [0.1, 0.15) is 20.7 Å². The fraction of sp³-hybridized carbons (Fsp3) is 0. The molecule has 0 unspecified atom stereocenters. The molecule has 6 heteroatoms. The molecule has 0 saturated carbocycles. The highest BCUT2D eigenvalue weighted by Gasteiger charge is 2.17. The van der Waals surface area contributed by atoms with Gasteiger partial charge in [0.1, 0.15) is 11.5 Å². The molecule has 4 rings (SSSR count). The van der Waals surface area contributed by atoms with E-state index in [0.29, 0.717) is 32.3 Å². The number of carbonyl (C=O) groups excluding carboxylic acids is 2. The minimum Gasteiger partial charge on any atom is -0.422 e. The Hall–Kier alpha value is -3.34. The van der Waals surface area contributed by atoms with E-state index in [-0.39, 0.29) is 11.1 Å². The molecule has 0 fully saturated rings.